The molecule has 1 saturated heterocycles. The predicted octanol–water partition coefficient (Wildman–Crippen LogP) is 4.64. The first-order chi connectivity index (χ1) is 19.6. The van der Waals surface area contributed by atoms with Gasteiger partial charge in [-0.25, -0.2) is 22.9 Å². The molecule has 1 aliphatic heterocycles. The third-order valence-corrected chi connectivity index (χ3v) is 6.94. The molecule has 5 rings (SSSR count). The summed E-state index contributed by atoms with van der Waals surface area (Å²) in [5, 5.41) is 17.0. The van der Waals surface area contributed by atoms with E-state index < -0.39 is 58.3 Å². The van der Waals surface area contributed by atoms with E-state index >= 15 is 0 Å². The Morgan fingerprint density at radius 3 is 2.27 bits per heavy atom. The second kappa shape index (κ2) is 11.5. The van der Waals surface area contributed by atoms with E-state index in [1.54, 1.807) is 0 Å². The molecule has 0 atom stereocenters. The van der Waals surface area contributed by atoms with Crippen molar-refractivity contribution in [2.45, 2.75) is 31.8 Å². The number of halogens is 3. The van der Waals surface area contributed by atoms with Crippen LogP contribution in [0.4, 0.5) is 35.2 Å². The number of likely N-dealkylation sites (tertiary alicyclic amines) is 1. The Hall–Kier alpha value is -4.65. The Labute approximate surface area is 232 Å². The van der Waals surface area contributed by atoms with Crippen molar-refractivity contribution in [3.63, 3.8) is 0 Å². The summed E-state index contributed by atoms with van der Waals surface area (Å²) in [5.74, 6) is -4.22. The second-order valence-corrected chi connectivity index (χ2v) is 9.89. The number of urea groups is 1. The van der Waals surface area contributed by atoms with Gasteiger partial charge in [0.05, 0.1) is 11.8 Å². The number of carbonyl (C=O) groups is 3. The Balaban J connectivity index is 1.22. The lowest BCUT2D eigenvalue weighted by atomic mass is 10.0. The molecule has 10 nitrogen and oxygen atoms in total. The molecule has 4 amide bonds. The van der Waals surface area contributed by atoms with Crippen molar-refractivity contribution >= 4 is 35.0 Å². The summed E-state index contributed by atoms with van der Waals surface area (Å²) in [6.45, 7) is 0.771. The molecule has 0 spiro atoms. The molecule has 0 radical (unpaired) electrons. The number of aromatic nitrogens is 1. The number of rotatable bonds is 7. The zero-order valence-corrected chi connectivity index (χ0v) is 21.6. The zero-order chi connectivity index (χ0) is 29.1. The maximum Gasteiger partial charge on any atom is 0.323 e. The summed E-state index contributed by atoms with van der Waals surface area (Å²) in [4.78, 5) is 43.6. The minimum absolute atomic E-state index is 0.0637. The first-order valence-electron chi connectivity index (χ1n) is 12.9. The highest BCUT2D eigenvalue weighted by molar-refractivity contribution is 6.16. The molecule has 2 fully saturated rings. The van der Waals surface area contributed by atoms with E-state index in [9.17, 15) is 32.7 Å². The summed E-state index contributed by atoms with van der Waals surface area (Å²) in [7, 11) is 0. The number of benzene rings is 2. The van der Waals surface area contributed by atoms with Crippen molar-refractivity contribution in [3.05, 3.63) is 72.2 Å². The van der Waals surface area contributed by atoms with E-state index in [0.717, 1.165) is 24.3 Å². The number of piperidine rings is 1. The lowest BCUT2D eigenvalue weighted by Gasteiger charge is -2.29. The van der Waals surface area contributed by atoms with Gasteiger partial charge >= 0.3 is 6.03 Å². The van der Waals surface area contributed by atoms with E-state index in [4.69, 9.17) is 4.74 Å². The van der Waals surface area contributed by atoms with Crippen LogP contribution in [-0.4, -0.2) is 52.0 Å². The summed E-state index contributed by atoms with van der Waals surface area (Å²) >= 11 is 0. The molecule has 2 heterocycles. The molecule has 1 aromatic heterocycles. The average molecular weight is 570 g/mol. The number of amides is 4. The van der Waals surface area contributed by atoms with Gasteiger partial charge in [-0.1, -0.05) is 0 Å². The maximum absolute atomic E-state index is 14.9. The van der Waals surface area contributed by atoms with Crippen molar-refractivity contribution in [3.8, 4) is 11.5 Å². The van der Waals surface area contributed by atoms with Gasteiger partial charge < -0.3 is 25.4 Å². The Morgan fingerprint density at radius 1 is 0.902 bits per heavy atom. The second-order valence-electron chi connectivity index (χ2n) is 9.89. The molecule has 3 aromatic rings. The molecule has 214 valence electrons. The molecule has 0 bridgehead atoms. The van der Waals surface area contributed by atoms with Crippen molar-refractivity contribution in [1.29, 1.82) is 0 Å². The van der Waals surface area contributed by atoms with Gasteiger partial charge in [-0.05, 0) is 56.0 Å². The number of hydrogen-bond acceptors (Lipinski definition) is 6. The standard InChI is InChI=1S/C28H26F3N5O5/c29-16-1-3-17(4-2-16)33-25(38)28(8-9-28)26(39)34-22-14-21(31)23(15-20(22)30)41-19-5-10-32-24(13-19)35-27(40)36-11-6-18(37)7-12-36/h1-5,10,13-15,18,37H,6-9,11-12H2,(H,33,38)(H,34,39)(H,32,35,40). The van der Waals surface area contributed by atoms with E-state index in [0.29, 0.717) is 31.6 Å². The van der Waals surface area contributed by atoms with E-state index in [2.05, 4.69) is 20.9 Å². The van der Waals surface area contributed by atoms with Crippen LogP contribution in [0.2, 0.25) is 0 Å². The maximum atomic E-state index is 14.9. The molecular weight excluding hydrogens is 543 g/mol. The number of aliphatic hydroxyl groups excluding tert-OH is 1. The molecule has 1 aliphatic carbocycles. The van der Waals surface area contributed by atoms with Crippen LogP contribution in [0.15, 0.2) is 54.7 Å². The number of hydrogen-bond donors (Lipinski definition) is 4. The van der Waals surface area contributed by atoms with Crippen LogP contribution < -0.4 is 20.7 Å². The van der Waals surface area contributed by atoms with Crippen LogP contribution in [0.1, 0.15) is 25.7 Å². The molecule has 4 N–H and O–H groups in total. The van der Waals surface area contributed by atoms with Gasteiger partial charge in [0.2, 0.25) is 11.8 Å². The summed E-state index contributed by atoms with van der Waals surface area (Å²) in [6, 6.07) is 8.79. The summed E-state index contributed by atoms with van der Waals surface area (Å²) in [5.41, 5.74) is -1.65. The van der Waals surface area contributed by atoms with Gasteiger partial charge in [-0.15, -0.1) is 0 Å². The summed E-state index contributed by atoms with van der Waals surface area (Å²) in [6.07, 6.45) is 2.23. The Bertz CT molecular complexity index is 1470. The molecule has 13 heteroatoms. The number of pyridine rings is 1. The van der Waals surface area contributed by atoms with Crippen molar-refractivity contribution < 1.29 is 37.4 Å². The third kappa shape index (κ3) is 6.40. The summed E-state index contributed by atoms with van der Waals surface area (Å²) < 4.78 is 48.3. The van der Waals surface area contributed by atoms with E-state index in [1.807, 2.05) is 0 Å². The number of anilines is 3. The predicted molar refractivity (Wildman–Crippen MR) is 142 cm³/mol. The van der Waals surface area contributed by atoms with Crippen molar-refractivity contribution in [2.75, 3.05) is 29.0 Å². The lowest BCUT2D eigenvalue weighted by molar-refractivity contribution is -0.131. The number of aliphatic hydroxyl groups is 1. The Kier molecular flexibility index (Phi) is 7.79. The molecule has 1 saturated carbocycles. The highest BCUT2D eigenvalue weighted by Crippen LogP contribution is 2.47. The van der Waals surface area contributed by atoms with Crippen LogP contribution >= 0.6 is 0 Å². The number of carbonyl (C=O) groups excluding carboxylic acids is 3. The van der Waals surface area contributed by atoms with E-state index in [1.165, 1.54) is 35.4 Å². The first-order valence-corrected chi connectivity index (χ1v) is 12.9. The quantitative estimate of drug-likeness (QED) is 0.307. The smallest absolute Gasteiger partial charge is 0.323 e. The minimum atomic E-state index is -1.46. The lowest BCUT2D eigenvalue weighted by Crippen LogP contribution is -2.42. The molecule has 2 aromatic carbocycles. The van der Waals surface area contributed by atoms with Crippen LogP contribution in [0, 0.1) is 22.9 Å². The van der Waals surface area contributed by atoms with Crippen molar-refractivity contribution in [1.82, 2.24) is 9.88 Å². The van der Waals surface area contributed by atoms with Gasteiger partial charge in [0.1, 0.15) is 22.8 Å². The van der Waals surface area contributed by atoms with E-state index in [-0.39, 0.29) is 24.4 Å². The molecule has 0 unspecified atom stereocenters. The van der Waals surface area contributed by atoms with Gasteiger partial charge in [-0.3, -0.25) is 14.9 Å². The fourth-order valence-electron chi connectivity index (χ4n) is 4.34. The fraction of sp³-hybridized carbons (Fsp3) is 0.286. The monoisotopic (exact) mass is 569 g/mol. The average Bonchev–Trinajstić information content (AvgIpc) is 3.76. The fourth-order valence-corrected chi connectivity index (χ4v) is 4.34. The molecule has 2 aliphatic rings. The SMILES string of the molecule is O=C(Nc1cc(Oc2cc(F)c(NC(=O)C3(C(=O)Nc4ccc(F)cc4)CC3)cc2F)ccn1)N1CCC(O)CC1. The first kappa shape index (κ1) is 27.9. The van der Waals surface area contributed by atoms with Gasteiger partial charge in [-0.2, -0.15) is 0 Å². The normalized spacial score (nSPS) is 16.0. The van der Waals surface area contributed by atoms with Gasteiger partial charge in [0.25, 0.3) is 0 Å². The third-order valence-electron chi connectivity index (χ3n) is 6.94. The topological polar surface area (TPSA) is 133 Å². The van der Waals surface area contributed by atoms with Crippen molar-refractivity contribution in [2.24, 2.45) is 5.41 Å². The highest BCUT2D eigenvalue weighted by Gasteiger charge is 2.56. The largest absolute Gasteiger partial charge is 0.454 e. The van der Waals surface area contributed by atoms with Crippen LogP contribution in [0.25, 0.3) is 0 Å². The van der Waals surface area contributed by atoms with Gasteiger partial charge in [0.15, 0.2) is 17.4 Å². The molecule has 41 heavy (non-hydrogen) atoms. The van der Waals surface area contributed by atoms with Crippen LogP contribution in [0.3, 0.4) is 0 Å². The molecular formula is C28H26F3N5O5. The zero-order valence-electron chi connectivity index (χ0n) is 21.6. The number of ether oxygens (including phenoxy) is 1. The van der Waals surface area contributed by atoms with Crippen LogP contribution in [-0.2, 0) is 9.59 Å². The van der Waals surface area contributed by atoms with Crippen LogP contribution in [0.5, 0.6) is 11.5 Å². The number of nitrogens with one attached hydrogen (secondary N) is 3. The minimum Gasteiger partial charge on any atom is -0.454 e. The highest BCUT2D eigenvalue weighted by atomic mass is 19.1. The van der Waals surface area contributed by atoms with Gasteiger partial charge in [0, 0.05) is 43.2 Å². The number of nitrogens with zero attached hydrogens (tertiary/aromatic N) is 2. The Morgan fingerprint density at radius 2 is 1.59 bits per heavy atom.